The molecule has 116 valence electrons. The third kappa shape index (κ3) is 5.42. The van der Waals surface area contributed by atoms with Crippen molar-refractivity contribution in [2.75, 3.05) is 25.9 Å². The van der Waals surface area contributed by atoms with E-state index in [0.717, 1.165) is 23.9 Å². The Morgan fingerprint density at radius 2 is 1.90 bits per heavy atom. The van der Waals surface area contributed by atoms with Gasteiger partial charge in [0.05, 0.1) is 0 Å². The molecule has 0 aromatic heterocycles. The molecule has 1 heterocycles. The van der Waals surface area contributed by atoms with Gasteiger partial charge in [0, 0.05) is 23.9 Å². The lowest BCUT2D eigenvalue weighted by atomic mass is 9.93. The quantitative estimate of drug-likeness (QED) is 0.779. The minimum Gasteiger partial charge on any atom is -0.311 e. The lowest BCUT2D eigenvalue weighted by Crippen LogP contribution is -2.47. The molecule has 0 radical (unpaired) electrons. The third-order valence-corrected chi connectivity index (χ3v) is 5.87. The van der Waals surface area contributed by atoms with Gasteiger partial charge in [0.2, 0.25) is 0 Å². The molecule has 3 heteroatoms. The molecule has 2 atom stereocenters. The van der Waals surface area contributed by atoms with Crippen LogP contribution in [0, 0.1) is 0 Å². The molecular weight excluding hydrogens is 264 g/mol. The highest BCUT2D eigenvalue weighted by molar-refractivity contribution is 7.99. The molecule has 2 nitrogen and oxygen atoms in total. The minimum atomic E-state index is 0.767. The number of hydrogen-bond donors (Lipinski definition) is 1. The van der Waals surface area contributed by atoms with Crippen molar-refractivity contribution in [2.24, 2.45) is 0 Å². The highest BCUT2D eigenvalue weighted by atomic mass is 32.2. The summed E-state index contributed by atoms with van der Waals surface area (Å²) in [6.45, 7) is 8.06. The summed E-state index contributed by atoms with van der Waals surface area (Å²) < 4.78 is 0. The summed E-state index contributed by atoms with van der Waals surface area (Å²) in [6, 6.07) is 1.55. The molecular formula is C17H32N2S. The van der Waals surface area contributed by atoms with Crippen molar-refractivity contribution >= 4 is 11.8 Å². The Morgan fingerprint density at radius 3 is 2.55 bits per heavy atom. The Bertz CT molecular complexity index is 304. The molecule has 0 amide bonds. The molecule has 1 N–H and O–H groups in total. The van der Waals surface area contributed by atoms with Crippen molar-refractivity contribution in [3.05, 3.63) is 11.6 Å². The molecule has 0 bridgehead atoms. The molecule has 1 saturated carbocycles. The number of hydrogen-bond acceptors (Lipinski definition) is 3. The summed E-state index contributed by atoms with van der Waals surface area (Å²) in [5, 5.41) is 4.85. The fourth-order valence-electron chi connectivity index (χ4n) is 3.44. The summed E-state index contributed by atoms with van der Waals surface area (Å²) in [5.41, 5.74) is 1.44. The van der Waals surface area contributed by atoms with E-state index < -0.39 is 0 Å². The number of rotatable bonds is 5. The van der Waals surface area contributed by atoms with Crippen LogP contribution < -0.4 is 5.32 Å². The number of nitrogens with one attached hydrogen (secondary N) is 1. The maximum atomic E-state index is 3.95. The first-order valence-corrected chi connectivity index (χ1v) is 9.60. The first kappa shape index (κ1) is 16.4. The Hall–Kier alpha value is 0.0100. The molecule has 1 aliphatic carbocycles. The van der Waals surface area contributed by atoms with Crippen LogP contribution in [-0.4, -0.2) is 48.1 Å². The Morgan fingerprint density at radius 1 is 1.15 bits per heavy atom. The van der Waals surface area contributed by atoms with Gasteiger partial charge < -0.3 is 5.32 Å². The number of allylic oxidation sites excluding steroid dienone is 1. The van der Waals surface area contributed by atoms with Crippen molar-refractivity contribution in [1.29, 1.82) is 0 Å². The number of thioether (sulfide) groups is 1. The van der Waals surface area contributed by atoms with Crippen LogP contribution in [0.1, 0.15) is 52.4 Å². The second-order valence-corrected chi connectivity index (χ2v) is 7.88. The highest BCUT2D eigenvalue weighted by Gasteiger charge is 2.25. The average Bonchev–Trinajstić information content (AvgIpc) is 2.47. The molecule has 2 rings (SSSR count). The second kappa shape index (κ2) is 8.45. The van der Waals surface area contributed by atoms with Gasteiger partial charge in [-0.15, -0.1) is 0 Å². The van der Waals surface area contributed by atoms with Gasteiger partial charge in [-0.05, 0) is 65.3 Å². The fraction of sp³-hybridized carbons (Fsp3) is 0.882. The van der Waals surface area contributed by atoms with Gasteiger partial charge in [0.15, 0.2) is 0 Å². The van der Waals surface area contributed by atoms with Crippen LogP contribution in [0.25, 0.3) is 0 Å². The van der Waals surface area contributed by atoms with Gasteiger partial charge >= 0.3 is 0 Å². The van der Waals surface area contributed by atoms with E-state index in [0.29, 0.717) is 0 Å². The Balaban J connectivity index is 1.67. The highest BCUT2D eigenvalue weighted by Crippen LogP contribution is 2.27. The first-order valence-electron chi connectivity index (χ1n) is 8.32. The largest absolute Gasteiger partial charge is 0.311 e. The summed E-state index contributed by atoms with van der Waals surface area (Å²) in [7, 11) is 0. The van der Waals surface area contributed by atoms with Crippen LogP contribution in [0.2, 0.25) is 0 Å². The van der Waals surface area contributed by atoms with Gasteiger partial charge in [-0.3, -0.25) is 4.90 Å². The number of piperidine rings is 1. The van der Waals surface area contributed by atoms with Crippen LogP contribution >= 0.6 is 11.8 Å². The number of likely N-dealkylation sites (tertiary alicyclic amines) is 1. The summed E-state index contributed by atoms with van der Waals surface area (Å²) in [5.74, 6) is 0. The first-order chi connectivity index (χ1) is 9.67. The average molecular weight is 297 g/mol. The topological polar surface area (TPSA) is 15.3 Å². The van der Waals surface area contributed by atoms with E-state index in [2.05, 4.69) is 48.2 Å². The van der Waals surface area contributed by atoms with E-state index in [-0.39, 0.29) is 0 Å². The molecule has 2 unspecified atom stereocenters. The van der Waals surface area contributed by atoms with Gasteiger partial charge in [-0.1, -0.05) is 18.1 Å². The lowest BCUT2D eigenvalue weighted by Gasteiger charge is -2.36. The van der Waals surface area contributed by atoms with Crippen molar-refractivity contribution < 1.29 is 0 Å². The predicted molar refractivity (Wildman–Crippen MR) is 91.6 cm³/mol. The zero-order valence-electron chi connectivity index (χ0n) is 13.5. The van der Waals surface area contributed by atoms with Crippen LogP contribution in [-0.2, 0) is 0 Å². The fourth-order valence-corrected chi connectivity index (χ4v) is 4.26. The summed E-state index contributed by atoms with van der Waals surface area (Å²) >= 11 is 2.07. The Labute approximate surface area is 129 Å². The van der Waals surface area contributed by atoms with Crippen molar-refractivity contribution in [2.45, 2.75) is 69.7 Å². The normalized spacial score (nSPS) is 29.4. The van der Waals surface area contributed by atoms with E-state index in [4.69, 9.17) is 0 Å². The maximum absolute atomic E-state index is 3.95. The van der Waals surface area contributed by atoms with Crippen LogP contribution in [0.4, 0.5) is 0 Å². The SMILES string of the molecule is CSC1CCCC(NC2CCN(CC=C(C)C)CC2)C1. The van der Waals surface area contributed by atoms with E-state index in [1.807, 2.05) is 0 Å². The zero-order valence-corrected chi connectivity index (χ0v) is 14.3. The van der Waals surface area contributed by atoms with E-state index in [1.165, 1.54) is 57.2 Å². The monoisotopic (exact) mass is 296 g/mol. The third-order valence-electron chi connectivity index (χ3n) is 4.78. The van der Waals surface area contributed by atoms with Crippen molar-refractivity contribution in [1.82, 2.24) is 10.2 Å². The summed E-state index contributed by atoms with van der Waals surface area (Å²) in [4.78, 5) is 2.59. The van der Waals surface area contributed by atoms with Gasteiger partial charge in [0.25, 0.3) is 0 Å². The van der Waals surface area contributed by atoms with Crippen molar-refractivity contribution in [3.8, 4) is 0 Å². The van der Waals surface area contributed by atoms with Crippen molar-refractivity contribution in [3.63, 3.8) is 0 Å². The van der Waals surface area contributed by atoms with Crippen LogP contribution in [0.15, 0.2) is 11.6 Å². The molecule has 2 fully saturated rings. The van der Waals surface area contributed by atoms with Gasteiger partial charge in [0.1, 0.15) is 0 Å². The van der Waals surface area contributed by atoms with Gasteiger partial charge in [-0.25, -0.2) is 0 Å². The standard InChI is InChI=1S/C17H32N2S/c1-14(2)7-10-19-11-8-15(9-12-19)18-16-5-4-6-17(13-16)20-3/h7,15-18H,4-6,8-13H2,1-3H3. The van der Waals surface area contributed by atoms with Crippen LogP contribution in [0.3, 0.4) is 0 Å². The molecule has 1 saturated heterocycles. The number of nitrogens with zero attached hydrogens (tertiary/aromatic N) is 1. The zero-order chi connectivity index (χ0) is 14.4. The lowest BCUT2D eigenvalue weighted by molar-refractivity contribution is 0.198. The molecule has 0 spiro atoms. The molecule has 0 aromatic carbocycles. The van der Waals surface area contributed by atoms with E-state index in [1.54, 1.807) is 0 Å². The van der Waals surface area contributed by atoms with E-state index in [9.17, 15) is 0 Å². The maximum Gasteiger partial charge on any atom is 0.0165 e. The van der Waals surface area contributed by atoms with E-state index >= 15 is 0 Å². The molecule has 1 aliphatic heterocycles. The second-order valence-electron chi connectivity index (χ2n) is 6.74. The molecule has 2 aliphatic rings. The summed E-state index contributed by atoms with van der Waals surface area (Å²) in [6.07, 6.45) is 12.9. The smallest absolute Gasteiger partial charge is 0.0165 e. The Kier molecular flexibility index (Phi) is 6.92. The van der Waals surface area contributed by atoms with Crippen LogP contribution in [0.5, 0.6) is 0 Å². The van der Waals surface area contributed by atoms with Gasteiger partial charge in [-0.2, -0.15) is 11.8 Å². The molecule has 20 heavy (non-hydrogen) atoms. The molecule has 0 aromatic rings. The predicted octanol–water partition coefficient (Wildman–Crippen LogP) is 3.68. The minimum absolute atomic E-state index is 0.767.